The average Bonchev–Trinajstić information content (AvgIpc) is 2.86. The van der Waals surface area contributed by atoms with Gasteiger partial charge in [0.25, 0.3) is 5.91 Å². The maximum Gasteiger partial charge on any atom is 0.251 e. The quantitative estimate of drug-likeness (QED) is 0.431. The van der Waals surface area contributed by atoms with Gasteiger partial charge in [-0.3, -0.25) is 9.59 Å². The number of hydrogen-bond donors (Lipinski definition) is 2. The minimum atomic E-state index is -0.375. The van der Waals surface area contributed by atoms with Crippen molar-refractivity contribution in [3.63, 3.8) is 0 Å². The first-order valence-corrected chi connectivity index (χ1v) is 11.0. The topological polar surface area (TPSA) is 114 Å². The van der Waals surface area contributed by atoms with E-state index in [0.717, 1.165) is 5.56 Å². The minimum absolute atomic E-state index is 0.0886. The van der Waals surface area contributed by atoms with Crippen LogP contribution in [0, 0.1) is 0 Å². The lowest BCUT2D eigenvalue weighted by Crippen LogP contribution is -2.51. The number of hydrogen-bond acceptors (Lipinski definition) is 7. The second-order valence-electron chi connectivity index (χ2n) is 7.79. The van der Waals surface area contributed by atoms with Crippen molar-refractivity contribution in [3.05, 3.63) is 84.4 Å². The number of allylic oxidation sites excluding steroid dienone is 3. The Morgan fingerprint density at radius 3 is 2.44 bits per heavy atom. The van der Waals surface area contributed by atoms with Crippen molar-refractivity contribution in [1.29, 1.82) is 0 Å². The van der Waals surface area contributed by atoms with Crippen molar-refractivity contribution >= 4 is 17.8 Å². The summed E-state index contributed by atoms with van der Waals surface area (Å²) in [6.07, 6.45) is 7.90. The second-order valence-corrected chi connectivity index (χ2v) is 7.79. The van der Waals surface area contributed by atoms with E-state index in [1.807, 2.05) is 35.2 Å². The maximum absolute atomic E-state index is 12.5. The molecule has 0 radical (unpaired) electrons. The molecule has 1 aromatic heterocycles. The fraction of sp³-hybridized carbons (Fsp3) is 0.280. The molecule has 0 spiro atoms. The molecule has 9 heteroatoms. The molecular formula is C25H30N6O3. The van der Waals surface area contributed by atoms with Gasteiger partial charge in [0.05, 0.1) is 18.9 Å². The zero-order valence-electron chi connectivity index (χ0n) is 19.3. The summed E-state index contributed by atoms with van der Waals surface area (Å²) in [5.74, 6) is 0.668. The summed E-state index contributed by atoms with van der Waals surface area (Å²) in [6.45, 7) is 7.87. The summed E-state index contributed by atoms with van der Waals surface area (Å²) in [4.78, 5) is 37.4. The smallest absolute Gasteiger partial charge is 0.251 e. The number of nitrogens with two attached hydrogens (primary N) is 1. The van der Waals surface area contributed by atoms with Crippen molar-refractivity contribution in [2.24, 2.45) is 5.73 Å². The molecule has 1 aliphatic rings. The molecule has 2 amide bonds. The van der Waals surface area contributed by atoms with Gasteiger partial charge < -0.3 is 25.6 Å². The van der Waals surface area contributed by atoms with Crippen LogP contribution in [0.1, 0.15) is 12.5 Å². The fourth-order valence-electron chi connectivity index (χ4n) is 3.38. The standard InChI is InChI=1S/C25H30N6O3/c1-3-7-21(14-19(2)26)24(33)27-17-23(32)30-10-12-31(13-11-30)25-28-15-22(16-29-25)34-18-20-8-5-4-6-9-20/h3-9,14-16H,1,10-13,17-18,26H2,2H3,(H,27,33)/b19-14-,21-7+. The molecule has 0 aliphatic carbocycles. The van der Waals surface area contributed by atoms with Gasteiger partial charge in [-0.25, -0.2) is 9.97 Å². The minimum Gasteiger partial charge on any atom is -0.486 e. The van der Waals surface area contributed by atoms with Crippen LogP contribution in [0.3, 0.4) is 0 Å². The van der Waals surface area contributed by atoms with E-state index >= 15 is 0 Å². The molecule has 34 heavy (non-hydrogen) atoms. The van der Waals surface area contributed by atoms with E-state index < -0.39 is 0 Å². The normalized spacial score (nSPS) is 14.5. The van der Waals surface area contributed by atoms with Crippen molar-refractivity contribution in [2.45, 2.75) is 13.5 Å². The van der Waals surface area contributed by atoms with E-state index in [1.54, 1.807) is 30.3 Å². The van der Waals surface area contributed by atoms with Crippen molar-refractivity contribution in [2.75, 3.05) is 37.6 Å². The van der Waals surface area contributed by atoms with Crippen LogP contribution in [-0.2, 0) is 16.2 Å². The van der Waals surface area contributed by atoms with Crippen LogP contribution in [0.25, 0.3) is 0 Å². The molecule has 0 atom stereocenters. The molecule has 1 saturated heterocycles. The van der Waals surface area contributed by atoms with Gasteiger partial charge in [0, 0.05) is 37.4 Å². The Morgan fingerprint density at radius 1 is 1.15 bits per heavy atom. The summed E-state index contributed by atoms with van der Waals surface area (Å²) in [5, 5.41) is 2.64. The van der Waals surface area contributed by atoms with Crippen LogP contribution in [0.4, 0.5) is 5.95 Å². The third kappa shape index (κ3) is 7.19. The van der Waals surface area contributed by atoms with Gasteiger partial charge in [0.1, 0.15) is 6.61 Å². The monoisotopic (exact) mass is 462 g/mol. The van der Waals surface area contributed by atoms with Crippen LogP contribution in [-0.4, -0.2) is 59.4 Å². The summed E-state index contributed by atoms with van der Waals surface area (Å²) < 4.78 is 5.73. The molecule has 2 heterocycles. The summed E-state index contributed by atoms with van der Waals surface area (Å²) in [7, 11) is 0. The highest BCUT2D eigenvalue weighted by Gasteiger charge is 2.23. The van der Waals surface area contributed by atoms with E-state index in [0.29, 0.717) is 55.8 Å². The maximum atomic E-state index is 12.5. The van der Waals surface area contributed by atoms with E-state index in [1.165, 1.54) is 12.2 Å². The molecule has 3 rings (SSSR count). The first-order chi connectivity index (χ1) is 16.5. The van der Waals surface area contributed by atoms with Crippen LogP contribution >= 0.6 is 0 Å². The van der Waals surface area contributed by atoms with E-state index in [9.17, 15) is 9.59 Å². The number of carbonyl (C=O) groups excluding carboxylic acids is 2. The molecule has 178 valence electrons. The molecular weight excluding hydrogens is 432 g/mol. The number of benzene rings is 1. The predicted molar refractivity (Wildman–Crippen MR) is 131 cm³/mol. The number of nitrogens with zero attached hydrogens (tertiary/aromatic N) is 4. The van der Waals surface area contributed by atoms with Gasteiger partial charge in [-0.05, 0) is 24.6 Å². The number of carbonyl (C=O) groups is 2. The summed E-state index contributed by atoms with van der Waals surface area (Å²) in [6, 6.07) is 9.89. The Hall–Kier alpha value is -4.14. The number of nitrogens with one attached hydrogen (secondary N) is 1. The molecule has 2 aromatic rings. The Kier molecular flexibility index (Phi) is 8.79. The summed E-state index contributed by atoms with van der Waals surface area (Å²) in [5.41, 5.74) is 7.56. The van der Waals surface area contributed by atoms with Crippen molar-refractivity contribution < 1.29 is 14.3 Å². The van der Waals surface area contributed by atoms with E-state index in [4.69, 9.17) is 10.5 Å². The third-order valence-corrected chi connectivity index (χ3v) is 5.12. The van der Waals surface area contributed by atoms with Crippen LogP contribution in [0.15, 0.2) is 78.8 Å². The highest BCUT2D eigenvalue weighted by molar-refractivity contribution is 5.98. The number of anilines is 1. The third-order valence-electron chi connectivity index (χ3n) is 5.12. The Labute approximate surface area is 199 Å². The Morgan fingerprint density at radius 2 is 1.82 bits per heavy atom. The molecule has 0 unspecified atom stereocenters. The van der Waals surface area contributed by atoms with Crippen molar-refractivity contribution in [1.82, 2.24) is 20.2 Å². The second kappa shape index (κ2) is 12.2. The Bertz CT molecular complexity index is 1040. The molecule has 1 aliphatic heterocycles. The van der Waals surface area contributed by atoms with Gasteiger partial charge in [0.15, 0.2) is 5.75 Å². The fourth-order valence-corrected chi connectivity index (χ4v) is 3.38. The number of ether oxygens (including phenoxy) is 1. The number of rotatable bonds is 9. The lowest BCUT2D eigenvalue weighted by Gasteiger charge is -2.34. The van der Waals surface area contributed by atoms with Gasteiger partial charge in [0.2, 0.25) is 11.9 Å². The first-order valence-electron chi connectivity index (χ1n) is 11.0. The highest BCUT2D eigenvalue weighted by Crippen LogP contribution is 2.15. The highest BCUT2D eigenvalue weighted by atomic mass is 16.5. The summed E-state index contributed by atoms with van der Waals surface area (Å²) >= 11 is 0. The lowest BCUT2D eigenvalue weighted by atomic mass is 10.2. The van der Waals surface area contributed by atoms with E-state index in [2.05, 4.69) is 21.9 Å². The number of piperazine rings is 1. The van der Waals surface area contributed by atoms with Crippen molar-refractivity contribution in [3.8, 4) is 5.75 Å². The molecule has 3 N–H and O–H groups in total. The van der Waals surface area contributed by atoms with Gasteiger partial charge >= 0.3 is 0 Å². The van der Waals surface area contributed by atoms with Gasteiger partial charge in [-0.2, -0.15) is 0 Å². The van der Waals surface area contributed by atoms with Crippen LogP contribution in [0.5, 0.6) is 5.75 Å². The van der Waals surface area contributed by atoms with Crippen LogP contribution < -0.4 is 20.7 Å². The molecule has 0 bridgehead atoms. The first kappa shape index (κ1) is 24.5. The van der Waals surface area contributed by atoms with E-state index in [-0.39, 0.29) is 18.4 Å². The zero-order valence-corrected chi connectivity index (χ0v) is 19.3. The van der Waals surface area contributed by atoms with Gasteiger partial charge in [-0.15, -0.1) is 0 Å². The molecule has 9 nitrogen and oxygen atoms in total. The molecule has 0 saturated carbocycles. The number of aromatic nitrogens is 2. The zero-order chi connectivity index (χ0) is 24.3. The Balaban J connectivity index is 1.45. The SMILES string of the molecule is C=C/C=C(\C=C(\C)N)C(=O)NCC(=O)N1CCN(c2ncc(OCc3ccccc3)cn2)CC1. The van der Waals surface area contributed by atoms with Gasteiger partial charge in [-0.1, -0.05) is 43.0 Å². The average molecular weight is 463 g/mol. The predicted octanol–water partition coefficient (Wildman–Crippen LogP) is 1.80. The lowest BCUT2D eigenvalue weighted by molar-refractivity contribution is -0.132. The largest absolute Gasteiger partial charge is 0.486 e. The van der Waals surface area contributed by atoms with Crippen LogP contribution in [0.2, 0.25) is 0 Å². The molecule has 1 fully saturated rings. The molecule has 1 aromatic carbocycles. The number of amides is 2.